The number of benzene rings is 1. The van der Waals surface area contributed by atoms with Crippen molar-refractivity contribution in [2.45, 2.75) is 32.6 Å². The van der Waals surface area contributed by atoms with Gasteiger partial charge in [-0.25, -0.2) is 4.98 Å². The third kappa shape index (κ3) is 3.96. The first-order chi connectivity index (χ1) is 11.6. The molecule has 1 amide bonds. The summed E-state index contributed by atoms with van der Waals surface area (Å²) in [7, 11) is 1.91. The third-order valence-electron chi connectivity index (χ3n) is 5.08. The number of carbonyl (C=O) groups is 1. The molecule has 5 heteroatoms. The lowest BCUT2D eigenvalue weighted by atomic mass is 9.86. The number of ether oxygens (including phenoxy) is 1. The van der Waals surface area contributed by atoms with E-state index < -0.39 is 0 Å². The van der Waals surface area contributed by atoms with Gasteiger partial charge in [-0.05, 0) is 37.3 Å². The number of aromatic amines is 1. The van der Waals surface area contributed by atoms with Gasteiger partial charge in [0, 0.05) is 39.1 Å². The molecule has 3 rings (SSSR count). The van der Waals surface area contributed by atoms with Crippen LogP contribution in [0.5, 0.6) is 0 Å². The zero-order chi connectivity index (χ0) is 16.9. The zero-order valence-corrected chi connectivity index (χ0v) is 14.6. The van der Waals surface area contributed by atoms with Crippen molar-refractivity contribution < 1.29 is 9.53 Å². The number of imidazole rings is 1. The first-order valence-corrected chi connectivity index (χ1v) is 8.91. The van der Waals surface area contributed by atoms with E-state index in [-0.39, 0.29) is 11.8 Å². The summed E-state index contributed by atoms with van der Waals surface area (Å²) in [5.41, 5.74) is 2.08. The zero-order valence-electron chi connectivity index (χ0n) is 14.6. The van der Waals surface area contributed by atoms with Crippen LogP contribution in [-0.2, 0) is 16.0 Å². The molecule has 0 bridgehead atoms. The molecule has 0 radical (unpaired) electrons. The van der Waals surface area contributed by atoms with E-state index in [1.165, 1.54) is 0 Å². The fourth-order valence-corrected chi connectivity index (χ4v) is 3.48. The van der Waals surface area contributed by atoms with E-state index in [2.05, 4.69) is 16.9 Å². The maximum absolute atomic E-state index is 12.6. The quantitative estimate of drug-likeness (QED) is 0.886. The summed E-state index contributed by atoms with van der Waals surface area (Å²) in [5, 5.41) is 0. The Kier molecular flexibility index (Phi) is 5.51. The van der Waals surface area contributed by atoms with E-state index in [9.17, 15) is 4.79 Å². The van der Waals surface area contributed by atoms with Crippen LogP contribution in [0.3, 0.4) is 0 Å². The molecule has 130 valence electrons. The number of aromatic nitrogens is 2. The molecule has 5 nitrogen and oxygen atoms in total. The van der Waals surface area contributed by atoms with Gasteiger partial charge in [-0.15, -0.1) is 0 Å². The summed E-state index contributed by atoms with van der Waals surface area (Å²) in [6.45, 7) is 4.41. The van der Waals surface area contributed by atoms with Crippen LogP contribution in [0.15, 0.2) is 24.3 Å². The Balaban J connectivity index is 1.47. The van der Waals surface area contributed by atoms with Crippen LogP contribution in [0, 0.1) is 11.8 Å². The van der Waals surface area contributed by atoms with Crippen molar-refractivity contribution in [3.8, 4) is 0 Å². The predicted molar refractivity (Wildman–Crippen MR) is 94.8 cm³/mol. The van der Waals surface area contributed by atoms with Crippen LogP contribution in [0.4, 0.5) is 0 Å². The Morgan fingerprint density at radius 2 is 2.12 bits per heavy atom. The topological polar surface area (TPSA) is 58.2 Å². The number of rotatable bonds is 6. The summed E-state index contributed by atoms with van der Waals surface area (Å²) >= 11 is 0. The van der Waals surface area contributed by atoms with E-state index in [4.69, 9.17) is 4.74 Å². The summed E-state index contributed by atoms with van der Waals surface area (Å²) in [4.78, 5) is 22.4. The fourth-order valence-electron chi connectivity index (χ4n) is 3.48. The maximum Gasteiger partial charge on any atom is 0.225 e. The first kappa shape index (κ1) is 17.0. The molecule has 0 saturated carbocycles. The van der Waals surface area contributed by atoms with Gasteiger partial charge >= 0.3 is 0 Å². The molecule has 1 unspecified atom stereocenters. The van der Waals surface area contributed by atoms with Crippen LogP contribution >= 0.6 is 0 Å². The summed E-state index contributed by atoms with van der Waals surface area (Å²) in [5.74, 6) is 1.80. The number of hydrogen-bond donors (Lipinski definition) is 1. The molecule has 1 aromatic heterocycles. The highest BCUT2D eigenvalue weighted by Crippen LogP contribution is 2.25. The van der Waals surface area contributed by atoms with Crippen LogP contribution in [0.25, 0.3) is 11.0 Å². The smallest absolute Gasteiger partial charge is 0.225 e. The lowest BCUT2D eigenvalue weighted by molar-refractivity contribution is -0.136. The second kappa shape index (κ2) is 7.79. The highest BCUT2D eigenvalue weighted by molar-refractivity contribution is 5.78. The van der Waals surface area contributed by atoms with Crippen molar-refractivity contribution >= 4 is 16.9 Å². The van der Waals surface area contributed by atoms with Crippen LogP contribution < -0.4 is 0 Å². The number of nitrogens with zero attached hydrogens (tertiary/aromatic N) is 2. The number of nitrogens with one attached hydrogen (secondary N) is 1. The van der Waals surface area contributed by atoms with Crippen molar-refractivity contribution in [3.63, 3.8) is 0 Å². The number of aryl methyl sites for hydroxylation is 1. The molecule has 1 aliphatic heterocycles. The minimum absolute atomic E-state index is 0.0881. The molecule has 1 atom stereocenters. The lowest BCUT2D eigenvalue weighted by Gasteiger charge is -2.30. The number of carbonyl (C=O) groups excluding carboxylic acids is 1. The predicted octanol–water partition coefficient (Wildman–Crippen LogP) is 3.02. The monoisotopic (exact) mass is 329 g/mol. The van der Waals surface area contributed by atoms with Gasteiger partial charge in [0.15, 0.2) is 0 Å². The van der Waals surface area contributed by atoms with E-state index in [1.807, 2.05) is 36.2 Å². The maximum atomic E-state index is 12.6. The molecule has 1 aromatic carbocycles. The van der Waals surface area contributed by atoms with Crippen LogP contribution in [0.2, 0.25) is 0 Å². The molecule has 2 heterocycles. The molecule has 1 fully saturated rings. The largest absolute Gasteiger partial charge is 0.381 e. The van der Waals surface area contributed by atoms with Crippen molar-refractivity contribution in [2.24, 2.45) is 11.8 Å². The minimum atomic E-state index is 0.0881. The fraction of sp³-hybridized carbons (Fsp3) is 0.579. The Morgan fingerprint density at radius 1 is 1.38 bits per heavy atom. The second-order valence-electron chi connectivity index (χ2n) is 6.80. The molecule has 0 aliphatic carbocycles. The van der Waals surface area contributed by atoms with Crippen molar-refractivity contribution in [1.82, 2.24) is 14.9 Å². The summed E-state index contributed by atoms with van der Waals surface area (Å²) < 4.78 is 5.39. The molecular weight excluding hydrogens is 302 g/mol. The molecule has 1 aliphatic rings. The molecular formula is C19H27N3O2. The average molecular weight is 329 g/mol. The van der Waals surface area contributed by atoms with Gasteiger partial charge in [-0.3, -0.25) is 4.79 Å². The second-order valence-corrected chi connectivity index (χ2v) is 6.80. The van der Waals surface area contributed by atoms with Gasteiger partial charge in [-0.1, -0.05) is 19.1 Å². The van der Waals surface area contributed by atoms with Gasteiger partial charge in [0.05, 0.1) is 11.0 Å². The highest BCUT2D eigenvalue weighted by Gasteiger charge is 2.27. The number of H-pyrrole nitrogens is 1. The standard InChI is InChI=1S/C19H27N3O2/c1-14(15-9-12-24-13-10-15)19(23)22(2)11-5-8-18-20-16-6-3-4-7-17(16)21-18/h3-4,6-7,14-15H,5,8-13H2,1-2H3,(H,20,21). The SMILES string of the molecule is CC(C(=O)N(C)CCCc1nc2ccccc2[nH]1)C1CCOCC1. The molecule has 0 spiro atoms. The lowest BCUT2D eigenvalue weighted by Crippen LogP contribution is -2.37. The minimum Gasteiger partial charge on any atom is -0.381 e. The van der Waals surface area contributed by atoms with Gasteiger partial charge in [0.2, 0.25) is 5.91 Å². The van der Waals surface area contributed by atoms with E-state index >= 15 is 0 Å². The van der Waals surface area contributed by atoms with Gasteiger partial charge in [-0.2, -0.15) is 0 Å². The Bertz CT molecular complexity index is 643. The number of amides is 1. The highest BCUT2D eigenvalue weighted by atomic mass is 16.5. The van der Waals surface area contributed by atoms with Crippen LogP contribution in [-0.4, -0.2) is 47.6 Å². The Morgan fingerprint density at radius 3 is 2.88 bits per heavy atom. The van der Waals surface area contributed by atoms with Gasteiger partial charge in [0.1, 0.15) is 5.82 Å². The van der Waals surface area contributed by atoms with Crippen molar-refractivity contribution in [2.75, 3.05) is 26.8 Å². The van der Waals surface area contributed by atoms with E-state index in [1.54, 1.807) is 0 Å². The molecule has 1 saturated heterocycles. The third-order valence-corrected chi connectivity index (χ3v) is 5.08. The first-order valence-electron chi connectivity index (χ1n) is 8.91. The summed E-state index contributed by atoms with van der Waals surface area (Å²) in [6.07, 6.45) is 3.78. The molecule has 2 aromatic rings. The summed E-state index contributed by atoms with van der Waals surface area (Å²) in [6, 6.07) is 8.06. The van der Waals surface area contributed by atoms with Gasteiger partial charge < -0.3 is 14.6 Å². The number of para-hydroxylation sites is 2. The normalized spacial score (nSPS) is 17.1. The Hall–Kier alpha value is -1.88. The van der Waals surface area contributed by atoms with E-state index in [0.29, 0.717) is 5.92 Å². The van der Waals surface area contributed by atoms with E-state index in [0.717, 1.165) is 62.3 Å². The van der Waals surface area contributed by atoms with Crippen molar-refractivity contribution in [1.29, 1.82) is 0 Å². The molecule has 24 heavy (non-hydrogen) atoms. The molecule has 1 N–H and O–H groups in total. The number of hydrogen-bond acceptors (Lipinski definition) is 3. The average Bonchev–Trinajstić information content (AvgIpc) is 3.03. The number of fused-ring (bicyclic) bond motifs is 1. The van der Waals surface area contributed by atoms with Crippen molar-refractivity contribution in [3.05, 3.63) is 30.1 Å². The Labute approximate surface area is 143 Å². The van der Waals surface area contributed by atoms with Gasteiger partial charge in [0.25, 0.3) is 0 Å². The van der Waals surface area contributed by atoms with Crippen LogP contribution in [0.1, 0.15) is 32.0 Å².